The summed E-state index contributed by atoms with van der Waals surface area (Å²) in [5.74, 6) is 0.587. The van der Waals surface area contributed by atoms with Gasteiger partial charge in [0.2, 0.25) is 0 Å². The van der Waals surface area contributed by atoms with Crippen molar-refractivity contribution >= 4 is 22.5 Å². The number of unbranched alkanes of at least 4 members (excludes halogenated alkanes) is 1. The van der Waals surface area contributed by atoms with Crippen molar-refractivity contribution in [2.45, 2.75) is 25.4 Å². The molecule has 0 amide bonds. The molecule has 0 unspecified atom stereocenters. The molecule has 0 saturated carbocycles. The minimum absolute atomic E-state index is 0.0376. The number of hydrogen-bond donors (Lipinski definition) is 2. The molecule has 0 fully saturated rings. The van der Waals surface area contributed by atoms with Crippen LogP contribution in [-0.4, -0.2) is 18.6 Å². The number of methoxy groups -OCH3 is 1. The van der Waals surface area contributed by atoms with Gasteiger partial charge in [-0.15, -0.1) is 0 Å². The Hall–Kier alpha value is -2.18. The lowest BCUT2D eigenvalue weighted by Gasteiger charge is -2.10. The predicted molar refractivity (Wildman–Crippen MR) is 102 cm³/mol. The van der Waals surface area contributed by atoms with Crippen LogP contribution in [0.4, 0.5) is 13.2 Å². The Kier molecular flexibility index (Phi) is 5.67. The van der Waals surface area contributed by atoms with Crippen molar-refractivity contribution < 1.29 is 17.9 Å². The predicted octanol–water partition coefficient (Wildman–Crippen LogP) is 5.80. The average molecular weight is 397 g/mol. The number of para-hydroxylation sites is 1. The van der Waals surface area contributed by atoms with E-state index in [-0.39, 0.29) is 10.5 Å². The Labute approximate surface area is 160 Å². The molecule has 7 heteroatoms. The fraction of sp³-hybridized carbons (Fsp3) is 0.300. The van der Waals surface area contributed by atoms with Gasteiger partial charge in [-0.1, -0.05) is 23.7 Å². The van der Waals surface area contributed by atoms with Gasteiger partial charge in [0.25, 0.3) is 0 Å². The van der Waals surface area contributed by atoms with Gasteiger partial charge in [0, 0.05) is 16.0 Å². The molecular weight excluding hydrogens is 377 g/mol. The number of halogens is 4. The lowest BCUT2D eigenvalue weighted by Crippen LogP contribution is -2.05. The summed E-state index contributed by atoms with van der Waals surface area (Å²) in [5.41, 5.74) is 6.97. The molecule has 27 heavy (non-hydrogen) atoms. The molecular formula is C20H20ClF3N2O. The molecule has 0 radical (unpaired) electrons. The Balaban J connectivity index is 2.30. The van der Waals surface area contributed by atoms with E-state index in [0.29, 0.717) is 35.4 Å². The number of ether oxygens (including phenoxy) is 1. The van der Waals surface area contributed by atoms with Crippen molar-refractivity contribution in [2.24, 2.45) is 5.73 Å². The molecule has 3 nitrogen and oxygen atoms in total. The molecule has 0 spiro atoms. The lowest BCUT2D eigenvalue weighted by molar-refractivity contribution is -0.136. The lowest BCUT2D eigenvalue weighted by atomic mass is 9.99. The third kappa shape index (κ3) is 3.92. The topological polar surface area (TPSA) is 51.0 Å². The number of hydrogen-bond acceptors (Lipinski definition) is 2. The van der Waals surface area contributed by atoms with Gasteiger partial charge in [0.05, 0.1) is 23.9 Å². The molecule has 144 valence electrons. The third-order valence-electron chi connectivity index (χ3n) is 4.54. The Morgan fingerprint density at radius 3 is 2.56 bits per heavy atom. The second-order valence-electron chi connectivity index (χ2n) is 6.30. The maximum atomic E-state index is 13.6. The van der Waals surface area contributed by atoms with Crippen LogP contribution in [0.5, 0.6) is 5.75 Å². The molecule has 3 N–H and O–H groups in total. The summed E-state index contributed by atoms with van der Waals surface area (Å²) in [6.45, 7) is 0.529. The van der Waals surface area contributed by atoms with E-state index in [1.165, 1.54) is 7.11 Å². The number of rotatable bonds is 6. The zero-order chi connectivity index (χ0) is 19.6. The van der Waals surface area contributed by atoms with E-state index in [1.807, 2.05) is 18.2 Å². The van der Waals surface area contributed by atoms with Crippen LogP contribution >= 0.6 is 11.6 Å². The first-order chi connectivity index (χ1) is 12.9. The summed E-state index contributed by atoms with van der Waals surface area (Å²) in [7, 11) is 1.54. The van der Waals surface area contributed by atoms with Crippen LogP contribution in [-0.2, 0) is 12.6 Å². The van der Waals surface area contributed by atoms with Gasteiger partial charge in [-0.2, -0.15) is 13.2 Å². The van der Waals surface area contributed by atoms with Crippen molar-refractivity contribution in [2.75, 3.05) is 13.7 Å². The Morgan fingerprint density at radius 2 is 1.89 bits per heavy atom. The summed E-state index contributed by atoms with van der Waals surface area (Å²) < 4.78 is 46.1. The largest absolute Gasteiger partial charge is 0.496 e. The van der Waals surface area contributed by atoms with Crippen LogP contribution in [0.1, 0.15) is 24.0 Å². The Morgan fingerprint density at radius 1 is 1.15 bits per heavy atom. The van der Waals surface area contributed by atoms with E-state index in [4.69, 9.17) is 22.1 Å². The van der Waals surface area contributed by atoms with Crippen LogP contribution in [0.3, 0.4) is 0 Å². The molecule has 3 rings (SSSR count). The SMILES string of the molecule is COc1ccccc1-c1[nH]c2c(C(F)(F)F)cc(Cl)cc2c1CCCCN. The van der Waals surface area contributed by atoms with Gasteiger partial charge in [-0.3, -0.25) is 0 Å². The van der Waals surface area contributed by atoms with Gasteiger partial charge in [0.15, 0.2) is 0 Å². The summed E-state index contributed by atoms with van der Waals surface area (Å²) in [6.07, 6.45) is -2.38. The third-order valence-corrected chi connectivity index (χ3v) is 4.76. The summed E-state index contributed by atoms with van der Waals surface area (Å²) in [4.78, 5) is 2.99. The van der Waals surface area contributed by atoms with Crippen molar-refractivity contribution in [3.05, 3.63) is 52.5 Å². The van der Waals surface area contributed by atoms with Gasteiger partial charge < -0.3 is 15.5 Å². The van der Waals surface area contributed by atoms with Gasteiger partial charge in [-0.25, -0.2) is 0 Å². The highest BCUT2D eigenvalue weighted by molar-refractivity contribution is 6.31. The first-order valence-electron chi connectivity index (χ1n) is 8.61. The first-order valence-corrected chi connectivity index (χ1v) is 8.99. The molecule has 0 saturated heterocycles. The maximum absolute atomic E-state index is 13.6. The highest BCUT2D eigenvalue weighted by Gasteiger charge is 2.35. The minimum atomic E-state index is -4.51. The number of aryl methyl sites for hydroxylation is 1. The molecule has 1 aromatic heterocycles. The second kappa shape index (κ2) is 7.82. The summed E-state index contributed by atoms with van der Waals surface area (Å²) in [5, 5.41) is 0.535. The summed E-state index contributed by atoms with van der Waals surface area (Å²) >= 11 is 6.02. The van der Waals surface area contributed by atoms with Crippen LogP contribution in [0.15, 0.2) is 36.4 Å². The Bertz CT molecular complexity index is 950. The van der Waals surface area contributed by atoms with Gasteiger partial charge in [-0.05, 0) is 55.6 Å². The highest BCUT2D eigenvalue weighted by Crippen LogP contribution is 2.42. The van der Waals surface area contributed by atoms with E-state index in [1.54, 1.807) is 12.1 Å². The van der Waals surface area contributed by atoms with E-state index in [2.05, 4.69) is 4.98 Å². The summed E-state index contributed by atoms with van der Waals surface area (Å²) in [6, 6.07) is 9.78. The van der Waals surface area contributed by atoms with Crippen LogP contribution < -0.4 is 10.5 Å². The molecule has 0 bridgehead atoms. The minimum Gasteiger partial charge on any atom is -0.496 e. The number of aromatic nitrogens is 1. The molecule has 3 aromatic rings. The molecule has 0 atom stereocenters. The van der Waals surface area contributed by atoms with Crippen molar-refractivity contribution in [3.63, 3.8) is 0 Å². The number of nitrogens with two attached hydrogens (primary N) is 1. The average Bonchev–Trinajstić information content (AvgIpc) is 2.98. The second-order valence-corrected chi connectivity index (χ2v) is 6.73. The van der Waals surface area contributed by atoms with Crippen LogP contribution in [0.2, 0.25) is 5.02 Å². The molecule has 0 aliphatic heterocycles. The fourth-order valence-corrected chi connectivity index (χ4v) is 3.54. The number of nitrogens with one attached hydrogen (secondary N) is 1. The van der Waals surface area contributed by atoms with Crippen molar-refractivity contribution in [1.29, 1.82) is 0 Å². The number of alkyl halides is 3. The maximum Gasteiger partial charge on any atom is 0.418 e. The van der Waals surface area contributed by atoms with E-state index >= 15 is 0 Å². The van der Waals surface area contributed by atoms with E-state index in [0.717, 1.165) is 24.5 Å². The smallest absolute Gasteiger partial charge is 0.418 e. The normalized spacial score (nSPS) is 11.9. The molecule has 0 aliphatic carbocycles. The quantitative estimate of drug-likeness (QED) is 0.517. The van der Waals surface area contributed by atoms with E-state index in [9.17, 15) is 13.2 Å². The van der Waals surface area contributed by atoms with Crippen molar-refractivity contribution in [1.82, 2.24) is 4.98 Å². The number of benzene rings is 2. The molecule has 2 aromatic carbocycles. The zero-order valence-corrected chi connectivity index (χ0v) is 15.5. The zero-order valence-electron chi connectivity index (χ0n) is 14.8. The van der Waals surface area contributed by atoms with Gasteiger partial charge in [0.1, 0.15) is 5.75 Å². The van der Waals surface area contributed by atoms with Crippen LogP contribution in [0, 0.1) is 0 Å². The molecule has 0 aliphatic rings. The standard InChI is InChI=1S/C20H20ClF3N2O/c1-27-17-8-3-2-7-14(17)18-13(6-4-5-9-25)15-10-12(21)11-16(19(15)26-18)20(22,23)24/h2-3,7-8,10-11,26H,4-6,9,25H2,1H3. The van der Waals surface area contributed by atoms with Crippen molar-refractivity contribution in [3.8, 4) is 17.0 Å². The molecule has 1 heterocycles. The van der Waals surface area contributed by atoms with Crippen LogP contribution in [0.25, 0.3) is 22.2 Å². The number of aromatic amines is 1. The monoisotopic (exact) mass is 396 g/mol. The number of H-pyrrole nitrogens is 1. The fourth-order valence-electron chi connectivity index (χ4n) is 3.33. The first kappa shape index (κ1) is 19.6. The van der Waals surface area contributed by atoms with E-state index < -0.39 is 11.7 Å². The highest BCUT2D eigenvalue weighted by atomic mass is 35.5. The van der Waals surface area contributed by atoms with Gasteiger partial charge >= 0.3 is 6.18 Å². The number of fused-ring (bicyclic) bond motifs is 1.